The normalized spacial score (nSPS) is 15.5. The maximum Gasteiger partial charge on any atom is 0.255 e. The zero-order valence-corrected chi connectivity index (χ0v) is 15.0. The maximum atomic E-state index is 12.6. The van der Waals surface area contributed by atoms with Gasteiger partial charge in [0.15, 0.2) is 0 Å². The van der Waals surface area contributed by atoms with Crippen LogP contribution >= 0.6 is 27.5 Å². The van der Waals surface area contributed by atoms with Gasteiger partial charge in [0.1, 0.15) is 0 Å². The number of anilines is 1. The highest BCUT2D eigenvalue weighted by atomic mass is 79.9. The molecule has 1 aliphatic rings. The summed E-state index contributed by atoms with van der Waals surface area (Å²) in [4.78, 5) is 14.4. The molecule has 1 heterocycles. The first-order chi connectivity index (χ1) is 11.1. The summed E-state index contributed by atoms with van der Waals surface area (Å²) in [6.45, 7) is 1.48. The lowest BCUT2D eigenvalue weighted by Gasteiger charge is -2.33. The van der Waals surface area contributed by atoms with Crippen molar-refractivity contribution in [3.63, 3.8) is 0 Å². The van der Waals surface area contributed by atoms with E-state index < -0.39 is 0 Å². The summed E-state index contributed by atoms with van der Waals surface area (Å²) in [5, 5.41) is 4.07. The number of rotatable bonds is 3. The van der Waals surface area contributed by atoms with Gasteiger partial charge in [-0.15, -0.1) is 0 Å². The van der Waals surface area contributed by atoms with E-state index in [1.54, 1.807) is 12.1 Å². The summed E-state index contributed by atoms with van der Waals surface area (Å²) in [6, 6.07) is 15.7. The van der Waals surface area contributed by atoms with Crippen molar-refractivity contribution in [2.24, 2.45) is 0 Å². The third-order valence-corrected chi connectivity index (χ3v) is 5.14. The first-order valence-corrected chi connectivity index (χ1v) is 8.87. The number of amides is 1. The standard InChI is InChI=1S/C18H18BrClN2O/c19-15-6-2-4-8-17(15)21-13-9-11-22(12-10-13)18(23)14-5-1-3-7-16(14)20/h1-8,13,21H,9-12H2. The summed E-state index contributed by atoms with van der Waals surface area (Å²) in [7, 11) is 0. The van der Waals surface area contributed by atoms with Gasteiger partial charge in [0.25, 0.3) is 5.91 Å². The van der Waals surface area contributed by atoms with Gasteiger partial charge >= 0.3 is 0 Å². The molecule has 1 aliphatic heterocycles. The quantitative estimate of drug-likeness (QED) is 0.811. The van der Waals surface area contributed by atoms with Gasteiger partial charge in [0.2, 0.25) is 0 Å². The average Bonchev–Trinajstić information content (AvgIpc) is 2.57. The smallest absolute Gasteiger partial charge is 0.255 e. The minimum Gasteiger partial charge on any atom is -0.381 e. The van der Waals surface area contributed by atoms with Gasteiger partial charge in [-0.1, -0.05) is 35.9 Å². The minimum absolute atomic E-state index is 0.0231. The molecule has 1 N–H and O–H groups in total. The number of halogens is 2. The Balaban J connectivity index is 1.59. The number of hydrogen-bond donors (Lipinski definition) is 1. The predicted molar refractivity (Wildman–Crippen MR) is 98.1 cm³/mol. The van der Waals surface area contributed by atoms with E-state index in [4.69, 9.17) is 11.6 Å². The number of hydrogen-bond acceptors (Lipinski definition) is 2. The van der Waals surface area contributed by atoms with E-state index in [0.717, 1.165) is 36.1 Å². The second kappa shape index (κ2) is 7.37. The first kappa shape index (κ1) is 16.3. The van der Waals surface area contributed by atoms with Crippen molar-refractivity contribution in [1.82, 2.24) is 4.90 Å². The van der Waals surface area contributed by atoms with E-state index in [1.165, 1.54) is 0 Å². The SMILES string of the molecule is O=C(c1ccccc1Cl)N1CCC(Nc2ccccc2Br)CC1. The molecule has 0 aromatic heterocycles. The molecule has 0 atom stereocenters. The second-order valence-electron chi connectivity index (χ2n) is 5.67. The van der Waals surface area contributed by atoms with Crippen LogP contribution < -0.4 is 5.32 Å². The largest absolute Gasteiger partial charge is 0.381 e. The molecule has 1 saturated heterocycles. The topological polar surface area (TPSA) is 32.3 Å². The third-order valence-electron chi connectivity index (χ3n) is 4.12. The van der Waals surface area contributed by atoms with Crippen LogP contribution in [0, 0.1) is 0 Å². The van der Waals surface area contributed by atoms with Gasteiger partial charge in [0.05, 0.1) is 10.6 Å². The highest BCUT2D eigenvalue weighted by molar-refractivity contribution is 9.10. The monoisotopic (exact) mass is 392 g/mol. The van der Waals surface area contributed by atoms with Crippen LogP contribution in [0.15, 0.2) is 53.0 Å². The van der Waals surface area contributed by atoms with E-state index in [0.29, 0.717) is 16.6 Å². The zero-order chi connectivity index (χ0) is 16.2. The van der Waals surface area contributed by atoms with Gasteiger partial charge in [-0.05, 0) is 53.0 Å². The van der Waals surface area contributed by atoms with Crippen LogP contribution in [-0.4, -0.2) is 29.9 Å². The summed E-state index contributed by atoms with van der Waals surface area (Å²) in [6.07, 6.45) is 1.86. The molecule has 0 bridgehead atoms. The number of benzene rings is 2. The van der Waals surface area contributed by atoms with E-state index in [9.17, 15) is 4.79 Å². The Bertz CT molecular complexity index is 699. The van der Waals surface area contributed by atoms with Crippen molar-refractivity contribution in [3.8, 4) is 0 Å². The molecule has 3 rings (SSSR count). The summed E-state index contributed by atoms with van der Waals surface area (Å²) >= 11 is 9.68. The van der Waals surface area contributed by atoms with Crippen molar-refractivity contribution >= 4 is 39.1 Å². The molecular formula is C18H18BrClN2O. The number of nitrogens with one attached hydrogen (secondary N) is 1. The van der Waals surface area contributed by atoms with Crippen LogP contribution in [-0.2, 0) is 0 Å². The molecule has 0 saturated carbocycles. The molecule has 1 amide bonds. The highest BCUT2D eigenvalue weighted by Crippen LogP contribution is 2.25. The predicted octanol–water partition coefficient (Wildman–Crippen LogP) is 4.82. The minimum atomic E-state index is 0.0231. The summed E-state index contributed by atoms with van der Waals surface area (Å²) in [5.41, 5.74) is 1.69. The fourth-order valence-corrected chi connectivity index (χ4v) is 3.45. The molecule has 1 fully saturated rings. The van der Waals surface area contributed by atoms with Crippen LogP contribution in [0.1, 0.15) is 23.2 Å². The Morgan fingerprint density at radius 1 is 1.09 bits per heavy atom. The molecule has 0 radical (unpaired) electrons. The van der Waals surface area contributed by atoms with Crippen molar-refractivity contribution < 1.29 is 4.79 Å². The van der Waals surface area contributed by atoms with Crippen molar-refractivity contribution in [1.29, 1.82) is 0 Å². The Morgan fingerprint density at radius 3 is 2.43 bits per heavy atom. The summed E-state index contributed by atoms with van der Waals surface area (Å²) < 4.78 is 1.06. The van der Waals surface area contributed by atoms with E-state index in [-0.39, 0.29) is 5.91 Å². The van der Waals surface area contributed by atoms with Crippen molar-refractivity contribution in [2.75, 3.05) is 18.4 Å². The molecule has 0 spiro atoms. The van der Waals surface area contributed by atoms with E-state index >= 15 is 0 Å². The van der Waals surface area contributed by atoms with Crippen LogP contribution in [0.3, 0.4) is 0 Å². The number of likely N-dealkylation sites (tertiary alicyclic amines) is 1. The molecular weight excluding hydrogens is 376 g/mol. The van der Waals surface area contributed by atoms with Gasteiger partial charge in [-0.25, -0.2) is 0 Å². The molecule has 3 nitrogen and oxygen atoms in total. The number of nitrogens with zero attached hydrogens (tertiary/aromatic N) is 1. The molecule has 0 aliphatic carbocycles. The van der Waals surface area contributed by atoms with Crippen LogP contribution in [0.5, 0.6) is 0 Å². The lowest BCUT2D eigenvalue weighted by Crippen LogP contribution is -2.42. The van der Waals surface area contributed by atoms with Gasteiger partial charge < -0.3 is 10.2 Å². The lowest BCUT2D eigenvalue weighted by molar-refractivity contribution is 0.0718. The van der Waals surface area contributed by atoms with Crippen molar-refractivity contribution in [3.05, 3.63) is 63.6 Å². The number of carbonyl (C=O) groups excluding carboxylic acids is 1. The fraction of sp³-hybridized carbons (Fsp3) is 0.278. The number of piperidine rings is 1. The van der Waals surface area contributed by atoms with Crippen LogP contribution in [0.2, 0.25) is 5.02 Å². The Morgan fingerprint density at radius 2 is 1.74 bits per heavy atom. The van der Waals surface area contributed by atoms with Gasteiger partial charge in [-0.2, -0.15) is 0 Å². The van der Waals surface area contributed by atoms with Crippen LogP contribution in [0.25, 0.3) is 0 Å². The Kier molecular flexibility index (Phi) is 5.23. The van der Waals surface area contributed by atoms with Gasteiger partial charge in [0, 0.05) is 29.3 Å². The van der Waals surface area contributed by atoms with Crippen molar-refractivity contribution in [2.45, 2.75) is 18.9 Å². The lowest BCUT2D eigenvalue weighted by atomic mass is 10.0. The first-order valence-electron chi connectivity index (χ1n) is 7.70. The molecule has 120 valence electrons. The van der Waals surface area contributed by atoms with E-state index in [1.807, 2.05) is 35.2 Å². The van der Waals surface area contributed by atoms with Gasteiger partial charge in [-0.3, -0.25) is 4.79 Å². The summed E-state index contributed by atoms with van der Waals surface area (Å²) in [5.74, 6) is 0.0231. The second-order valence-corrected chi connectivity index (χ2v) is 6.93. The highest BCUT2D eigenvalue weighted by Gasteiger charge is 2.24. The Labute approximate surface area is 149 Å². The fourth-order valence-electron chi connectivity index (χ4n) is 2.83. The van der Waals surface area contributed by atoms with E-state index in [2.05, 4.69) is 27.3 Å². The maximum absolute atomic E-state index is 12.6. The average molecular weight is 394 g/mol. The third kappa shape index (κ3) is 3.88. The molecule has 2 aromatic carbocycles. The zero-order valence-electron chi connectivity index (χ0n) is 12.6. The number of para-hydroxylation sites is 1. The number of carbonyl (C=O) groups is 1. The molecule has 0 unspecified atom stereocenters. The Hall–Kier alpha value is -1.52. The molecule has 23 heavy (non-hydrogen) atoms. The molecule has 5 heteroatoms. The van der Waals surface area contributed by atoms with Crippen LogP contribution in [0.4, 0.5) is 5.69 Å². The molecule has 2 aromatic rings.